The molecule has 2 heteroatoms. The fourth-order valence-electron chi connectivity index (χ4n) is 8.55. The smallest absolute Gasteiger partial charge is 0.166 e. The average molecular weight is 433 g/mol. The van der Waals surface area contributed by atoms with Crippen molar-refractivity contribution in [2.24, 2.45) is 34.0 Å². The molecule has 0 aromatic rings. The molecular formula is C30H40O2. The lowest BCUT2D eigenvalue weighted by Crippen LogP contribution is -2.51. The van der Waals surface area contributed by atoms with Crippen LogP contribution in [0, 0.1) is 34.0 Å². The predicted octanol–water partition coefficient (Wildman–Crippen LogP) is 7.32. The lowest BCUT2D eigenvalue weighted by atomic mass is 9.50. The number of rotatable bonds is 1. The molecule has 0 aromatic heterocycles. The fraction of sp³-hybridized carbons (Fsp3) is 0.667. The number of Topliss-reactive ketones (excluding diaryl/α,β-unsaturated/α-hetero) is 1. The van der Waals surface area contributed by atoms with Crippen LogP contribution in [0.4, 0.5) is 0 Å². The molecule has 0 saturated heterocycles. The Balaban J connectivity index is 1.63. The summed E-state index contributed by atoms with van der Waals surface area (Å²) in [6.45, 7) is 13.4. The van der Waals surface area contributed by atoms with Crippen LogP contribution >= 0.6 is 0 Å². The Labute approximate surface area is 194 Å². The SMILES string of the molecule is CC1=CC([C@@]2(C)CCC(C)=C3C=C(C)[C@]4(CCC[C@@H]4C)C(=O)[C@H]32)=CC(=O)[C@@]12CCC[C@@H]2C. The van der Waals surface area contributed by atoms with E-state index in [1.54, 1.807) is 0 Å². The first-order valence-electron chi connectivity index (χ1n) is 13.0. The van der Waals surface area contributed by atoms with Crippen LogP contribution in [0.2, 0.25) is 0 Å². The maximum atomic E-state index is 14.5. The first kappa shape index (κ1) is 22.1. The van der Waals surface area contributed by atoms with Gasteiger partial charge in [-0.3, -0.25) is 9.59 Å². The quantitative estimate of drug-likeness (QED) is 0.435. The zero-order valence-corrected chi connectivity index (χ0v) is 20.9. The van der Waals surface area contributed by atoms with Gasteiger partial charge >= 0.3 is 0 Å². The summed E-state index contributed by atoms with van der Waals surface area (Å²) in [5.41, 5.74) is 5.34. The van der Waals surface area contributed by atoms with E-state index in [9.17, 15) is 9.59 Å². The monoisotopic (exact) mass is 432 g/mol. The van der Waals surface area contributed by atoms with Gasteiger partial charge in [-0.1, -0.05) is 62.5 Å². The van der Waals surface area contributed by atoms with Gasteiger partial charge in [-0.25, -0.2) is 0 Å². The van der Waals surface area contributed by atoms with Gasteiger partial charge in [0.1, 0.15) is 0 Å². The molecule has 0 unspecified atom stereocenters. The van der Waals surface area contributed by atoms with Gasteiger partial charge in [0.25, 0.3) is 0 Å². The van der Waals surface area contributed by atoms with Crippen LogP contribution < -0.4 is 0 Å². The van der Waals surface area contributed by atoms with Gasteiger partial charge in [0.05, 0.1) is 16.7 Å². The molecule has 2 saturated carbocycles. The first-order valence-corrected chi connectivity index (χ1v) is 13.0. The molecule has 172 valence electrons. The average Bonchev–Trinajstić information content (AvgIpc) is 3.31. The van der Waals surface area contributed by atoms with Crippen LogP contribution in [0.15, 0.2) is 46.1 Å². The van der Waals surface area contributed by atoms with Crippen molar-refractivity contribution in [1.82, 2.24) is 0 Å². The normalized spacial score (nSPS) is 44.2. The van der Waals surface area contributed by atoms with Crippen LogP contribution in [0.1, 0.15) is 92.9 Å². The second-order valence-corrected chi connectivity index (χ2v) is 12.1. The lowest BCUT2D eigenvalue weighted by molar-refractivity contribution is -0.135. The highest BCUT2D eigenvalue weighted by Gasteiger charge is 2.59. The Bertz CT molecular complexity index is 1020. The van der Waals surface area contributed by atoms with E-state index in [2.05, 4.69) is 53.7 Å². The van der Waals surface area contributed by atoms with Crippen LogP contribution in [0.3, 0.4) is 0 Å². The van der Waals surface area contributed by atoms with Crippen molar-refractivity contribution in [2.45, 2.75) is 92.9 Å². The van der Waals surface area contributed by atoms with Crippen molar-refractivity contribution in [1.29, 1.82) is 0 Å². The molecule has 2 fully saturated rings. The number of ketones is 2. The minimum Gasteiger partial charge on any atom is -0.298 e. The van der Waals surface area contributed by atoms with Gasteiger partial charge in [0.2, 0.25) is 0 Å². The third-order valence-corrected chi connectivity index (χ3v) is 10.8. The van der Waals surface area contributed by atoms with Crippen LogP contribution in [0.25, 0.3) is 0 Å². The molecule has 2 nitrogen and oxygen atoms in total. The third-order valence-electron chi connectivity index (χ3n) is 10.8. The fourth-order valence-corrected chi connectivity index (χ4v) is 8.55. The maximum Gasteiger partial charge on any atom is 0.166 e. The third kappa shape index (κ3) is 2.59. The summed E-state index contributed by atoms with van der Waals surface area (Å²) in [7, 11) is 0. The predicted molar refractivity (Wildman–Crippen MR) is 130 cm³/mol. The van der Waals surface area contributed by atoms with Crippen molar-refractivity contribution in [3.05, 3.63) is 46.1 Å². The summed E-state index contributed by atoms with van der Waals surface area (Å²) in [5.74, 6) is 1.42. The molecule has 5 rings (SSSR count). The van der Waals surface area contributed by atoms with Crippen LogP contribution in [-0.2, 0) is 9.59 Å². The number of hydrogen-bond donors (Lipinski definition) is 0. The molecule has 0 N–H and O–H groups in total. The number of carbonyl (C=O) groups excluding carboxylic acids is 2. The second kappa shape index (κ2) is 7.15. The van der Waals surface area contributed by atoms with Gasteiger partial charge in [-0.2, -0.15) is 0 Å². The highest BCUT2D eigenvalue weighted by molar-refractivity contribution is 6.01. The maximum absolute atomic E-state index is 14.5. The van der Waals surface area contributed by atoms with Crippen molar-refractivity contribution in [3.63, 3.8) is 0 Å². The highest BCUT2D eigenvalue weighted by Crippen LogP contribution is 2.62. The molecule has 5 aliphatic carbocycles. The second-order valence-electron chi connectivity index (χ2n) is 12.1. The molecule has 0 bridgehead atoms. The molecular weight excluding hydrogens is 392 g/mol. The van der Waals surface area contributed by atoms with Crippen molar-refractivity contribution < 1.29 is 9.59 Å². The van der Waals surface area contributed by atoms with Crippen molar-refractivity contribution >= 4 is 11.6 Å². The van der Waals surface area contributed by atoms with Gasteiger partial charge in [0, 0.05) is 5.41 Å². The van der Waals surface area contributed by atoms with Gasteiger partial charge in [0.15, 0.2) is 11.6 Å². The summed E-state index contributed by atoms with van der Waals surface area (Å²) in [6, 6.07) is 0. The molecule has 0 amide bonds. The zero-order chi connectivity index (χ0) is 23.1. The summed E-state index contributed by atoms with van der Waals surface area (Å²) in [4.78, 5) is 28.1. The Kier molecular flexibility index (Phi) is 4.94. The van der Waals surface area contributed by atoms with E-state index in [4.69, 9.17) is 0 Å². The number of allylic oxidation sites excluding steroid dienone is 8. The summed E-state index contributed by atoms with van der Waals surface area (Å²) >= 11 is 0. The largest absolute Gasteiger partial charge is 0.298 e. The van der Waals surface area contributed by atoms with Crippen LogP contribution in [0.5, 0.6) is 0 Å². The van der Waals surface area contributed by atoms with E-state index < -0.39 is 0 Å². The Morgan fingerprint density at radius 2 is 1.41 bits per heavy atom. The molecule has 0 aliphatic heterocycles. The minimum absolute atomic E-state index is 0.126. The van der Waals surface area contributed by atoms with Crippen LogP contribution in [-0.4, -0.2) is 11.6 Å². The summed E-state index contributed by atoms with van der Waals surface area (Å²) in [6.07, 6.45) is 15.1. The topological polar surface area (TPSA) is 34.1 Å². The Hall–Kier alpha value is -1.70. The van der Waals surface area contributed by atoms with Gasteiger partial charge in [-0.05, 0) is 88.4 Å². The highest BCUT2D eigenvalue weighted by atomic mass is 16.1. The van der Waals surface area contributed by atoms with Gasteiger partial charge < -0.3 is 0 Å². The number of hydrogen-bond acceptors (Lipinski definition) is 2. The number of carbonyl (C=O) groups is 2. The van der Waals surface area contributed by atoms with Crippen molar-refractivity contribution in [2.75, 3.05) is 0 Å². The molecule has 0 heterocycles. The van der Waals surface area contributed by atoms with Crippen molar-refractivity contribution in [3.8, 4) is 0 Å². The minimum atomic E-state index is -0.307. The molecule has 32 heavy (non-hydrogen) atoms. The van der Waals surface area contributed by atoms with E-state index in [0.717, 1.165) is 56.9 Å². The standard InChI is InChI=1S/C30H40O2/c1-18-11-14-28(6,23-15-21(4)29(25(31)17-23)12-7-9-19(29)2)26-24(18)16-22(5)30(27(26)32)13-8-10-20(30)3/h15-17,19-20,26H,7-14H2,1-6H3/t19-,20-,26-,28+,29+,30+/m0/s1. The Morgan fingerprint density at radius 1 is 0.812 bits per heavy atom. The first-order chi connectivity index (χ1) is 15.1. The molecule has 0 aromatic carbocycles. The van der Waals surface area contributed by atoms with E-state index in [1.807, 2.05) is 6.08 Å². The Morgan fingerprint density at radius 3 is 1.97 bits per heavy atom. The van der Waals surface area contributed by atoms with Gasteiger partial charge in [-0.15, -0.1) is 0 Å². The summed E-state index contributed by atoms with van der Waals surface area (Å²) in [5, 5.41) is 0. The molecule has 0 radical (unpaired) electrons. The van der Waals surface area contributed by atoms with E-state index in [0.29, 0.717) is 23.4 Å². The lowest BCUT2D eigenvalue weighted by Gasteiger charge is -2.51. The number of fused-ring (bicyclic) bond motifs is 1. The molecule has 6 atom stereocenters. The molecule has 2 spiro atoms. The zero-order valence-electron chi connectivity index (χ0n) is 20.9. The van der Waals surface area contributed by atoms with E-state index in [-0.39, 0.29) is 22.2 Å². The summed E-state index contributed by atoms with van der Waals surface area (Å²) < 4.78 is 0. The molecule has 5 aliphatic rings. The van der Waals surface area contributed by atoms with E-state index >= 15 is 0 Å². The van der Waals surface area contributed by atoms with E-state index in [1.165, 1.54) is 22.3 Å².